The molecule has 0 amide bonds. The Morgan fingerprint density at radius 2 is 1.85 bits per heavy atom. The van der Waals surface area contributed by atoms with Crippen molar-refractivity contribution in [2.45, 2.75) is 32.7 Å². The number of ether oxygens (including phenoxy) is 1. The van der Waals surface area contributed by atoms with E-state index in [1.807, 2.05) is 30.3 Å². The van der Waals surface area contributed by atoms with Gasteiger partial charge in [-0.25, -0.2) is 0 Å². The predicted octanol–water partition coefficient (Wildman–Crippen LogP) is 4.62. The largest absolute Gasteiger partial charge is 0.504 e. The van der Waals surface area contributed by atoms with Crippen LogP contribution in [0.2, 0.25) is 0 Å². The van der Waals surface area contributed by atoms with Gasteiger partial charge >= 0.3 is 0 Å². The Hall–Kier alpha value is -2.95. The number of anilines is 2. The third-order valence-corrected chi connectivity index (χ3v) is 5.26. The molecule has 2 aliphatic rings. The van der Waals surface area contributed by atoms with Crippen LogP contribution in [0.15, 0.2) is 53.7 Å². The summed E-state index contributed by atoms with van der Waals surface area (Å²) in [4.78, 5) is 13.1. The zero-order valence-electron chi connectivity index (χ0n) is 15.8. The van der Waals surface area contributed by atoms with E-state index in [0.717, 1.165) is 34.6 Å². The van der Waals surface area contributed by atoms with E-state index in [4.69, 9.17) is 4.74 Å². The molecule has 0 bridgehead atoms. The molecule has 5 nitrogen and oxygen atoms in total. The van der Waals surface area contributed by atoms with E-state index in [1.54, 1.807) is 12.1 Å². The van der Waals surface area contributed by atoms with E-state index in [9.17, 15) is 9.90 Å². The number of phenolic OH excluding ortho intramolecular Hbond substituents is 1. The Kier molecular flexibility index (Phi) is 4.10. The predicted molar refractivity (Wildman–Crippen MR) is 106 cm³/mol. The second-order valence-corrected chi connectivity index (χ2v) is 8.01. The molecule has 2 aromatic rings. The lowest BCUT2D eigenvalue weighted by molar-refractivity contribution is -0.118. The number of carbonyl (C=O) groups excluding carboxylic acids is 1. The van der Waals surface area contributed by atoms with Crippen molar-refractivity contribution in [3.63, 3.8) is 0 Å². The molecule has 3 N–H and O–H groups in total. The minimum Gasteiger partial charge on any atom is -0.504 e. The number of methoxy groups -OCH3 is 1. The molecule has 1 heterocycles. The Balaban J connectivity index is 1.89. The van der Waals surface area contributed by atoms with Gasteiger partial charge in [0.2, 0.25) is 0 Å². The van der Waals surface area contributed by atoms with Crippen LogP contribution in [0.4, 0.5) is 11.4 Å². The van der Waals surface area contributed by atoms with Crippen LogP contribution in [-0.2, 0) is 4.79 Å². The number of Topliss-reactive ketones (excluding diaryl/α,β-unsaturated/α-hetero) is 1. The molecule has 0 radical (unpaired) electrons. The minimum absolute atomic E-state index is 0.0821. The molecular weight excluding hydrogens is 340 g/mol. The van der Waals surface area contributed by atoms with Crippen LogP contribution < -0.4 is 15.4 Å². The van der Waals surface area contributed by atoms with Gasteiger partial charge in [-0.1, -0.05) is 32.0 Å². The van der Waals surface area contributed by atoms with Crippen molar-refractivity contribution in [2.75, 3.05) is 17.7 Å². The molecule has 0 saturated carbocycles. The summed E-state index contributed by atoms with van der Waals surface area (Å²) in [5.74, 6) is 0.621. The van der Waals surface area contributed by atoms with Gasteiger partial charge in [-0.05, 0) is 41.7 Å². The average Bonchev–Trinajstić information content (AvgIpc) is 2.77. The van der Waals surface area contributed by atoms with Gasteiger partial charge in [-0.2, -0.15) is 0 Å². The maximum Gasteiger partial charge on any atom is 0.163 e. The van der Waals surface area contributed by atoms with Crippen LogP contribution in [0.5, 0.6) is 11.5 Å². The van der Waals surface area contributed by atoms with Gasteiger partial charge in [-0.15, -0.1) is 0 Å². The number of aromatic hydroxyl groups is 1. The van der Waals surface area contributed by atoms with E-state index in [2.05, 4.69) is 24.5 Å². The van der Waals surface area contributed by atoms with Crippen LogP contribution in [0, 0.1) is 5.41 Å². The Morgan fingerprint density at radius 3 is 2.59 bits per heavy atom. The summed E-state index contributed by atoms with van der Waals surface area (Å²) in [6.45, 7) is 4.25. The summed E-state index contributed by atoms with van der Waals surface area (Å²) in [5, 5.41) is 17.0. The number of benzene rings is 2. The third-order valence-electron chi connectivity index (χ3n) is 5.26. The number of hydrogen-bond acceptors (Lipinski definition) is 5. The first kappa shape index (κ1) is 17.5. The van der Waals surface area contributed by atoms with Gasteiger partial charge in [-0.3, -0.25) is 4.79 Å². The summed E-state index contributed by atoms with van der Waals surface area (Å²) >= 11 is 0. The number of fused-ring (bicyclic) bond motifs is 1. The zero-order chi connectivity index (χ0) is 19.2. The number of nitrogens with one attached hydrogen (secondary N) is 2. The van der Waals surface area contributed by atoms with Gasteiger partial charge in [0.15, 0.2) is 17.3 Å². The van der Waals surface area contributed by atoms with Crippen molar-refractivity contribution in [1.29, 1.82) is 0 Å². The monoisotopic (exact) mass is 364 g/mol. The number of hydrogen-bond donors (Lipinski definition) is 3. The summed E-state index contributed by atoms with van der Waals surface area (Å²) in [6.07, 6.45) is 1.31. The molecule has 27 heavy (non-hydrogen) atoms. The molecule has 2 aromatic carbocycles. The molecule has 1 unspecified atom stereocenters. The van der Waals surface area contributed by atoms with Crippen molar-refractivity contribution in [3.8, 4) is 11.5 Å². The maximum atomic E-state index is 13.1. The number of carbonyl (C=O) groups is 1. The lowest BCUT2D eigenvalue weighted by Crippen LogP contribution is -2.31. The summed E-state index contributed by atoms with van der Waals surface area (Å²) in [6, 6.07) is 12.9. The molecule has 0 fully saturated rings. The fourth-order valence-electron chi connectivity index (χ4n) is 4.01. The van der Waals surface area contributed by atoms with Crippen molar-refractivity contribution < 1.29 is 14.6 Å². The fraction of sp³-hybridized carbons (Fsp3) is 0.318. The maximum absolute atomic E-state index is 13.1. The normalized spacial score (nSPS) is 20.7. The summed E-state index contributed by atoms with van der Waals surface area (Å²) in [5.41, 5.74) is 4.42. The van der Waals surface area contributed by atoms with Gasteiger partial charge in [0.05, 0.1) is 24.5 Å². The van der Waals surface area contributed by atoms with Crippen LogP contribution >= 0.6 is 0 Å². The first-order valence-electron chi connectivity index (χ1n) is 9.14. The summed E-state index contributed by atoms with van der Waals surface area (Å²) in [7, 11) is 1.52. The van der Waals surface area contributed by atoms with E-state index >= 15 is 0 Å². The van der Waals surface area contributed by atoms with Gasteiger partial charge < -0.3 is 20.5 Å². The first-order valence-corrected chi connectivity index (χ1v) is 9.14. The fourth-order valence-corrected chi connectivity index (χ4v) is 4.01. The smallest absolute Gasteiger partial charge is 0.163 e. The number of phenols is 1. The van der Waals surface area contributed by atoms with Crippen molar-refractivity contribution in [1.82, 2.24) is 0 Å². The molecule has 1 aliphatic carbocycles. The number of para-hydroxylation sites is 2. The number of rotatable bonds is 2. The zero-order valence-corrected chi connectivity index (χ0v) is 15.8. The lowest BCUT2D eigenvalue weighted by atomic mass is 9.73. The van der Waals surface area contributed by atoms with E-state index in [1.165, 1.54) is 7.11 Å². The summed E-state index contributed by atoms with van der Waals surface area (Å²) < 4.78 is 5.28. The molecule has 0 saturated heterocycles. The van der Waals surface area contributed by atoms with Gasteiger partial charge in [0.1, 0.15) is 0 Å². The first-order chi connectivity index (χ1) is 12.9. The Morgan fingerprint density at radius 1 is 1.11 bits per heavy atom. The van der Waals surface area contributed by atoms with Gasteiger partial charge in [0, 0.05) is 17.7 Å². The van der Waals surface area contributed by atoms with Crippen LogP contribution in [0.25, 0.3) is 0 Å². The molecular formula is C22H24N2O3. The second-order valence-electron chi connectivity index (χ2n) is 8.01. The van der Waals surface area contributed by atoms with E-state index < -0.39 is 0 Å². The van der Waals surface area contributed by atoms with Crippen molar-refractivity contribution in [2.24, 2.45) is 5.41 Å². The molecule has 0 aromatic heterocycles. The van der Waals surface area contributed by atoms with E-state index in [0.29, 0.717) is 12.2 Å². The van der Waals surface area contributed by atoms with Crippen LogP contribution in [-0.4, -0.2) is 18.0 Å². The molecule has 1 aliphatic heterocycles. The number of allylic oxidation sites excluding steroid dienone is 1. The lowest BCUT2D eigenvalue weighted by Gasteiger charge is -2.34. The number of ketones is 1. The third kappa shape index (κ3) is 3.14. The van der Waals surface area contributed by atoms with E-state index in [-0.39, 0.29) is 23.0 Å². The molecule has 5 heteroatoms. The Bertz CT molecular complexity index is 946. The van der Waals surface area contributed by atoms with Gasteiger partial charge in [0.25, 0.3) is 0 Å². The molecule has 140 valence electrons. The highest BCUT2D eigenvalue weighted by molar-refractivity contribution is 6.01. The highest BCUT2D eigenvalue weighted by Crippen LogP contribution is 2.46. The second kappa shape index (κ2) is 6.34. The highest BCUT2D eigenvalue weighted by atomic mass is 16.5. The molecule has 0 spiro atoms. The van der Waals surface area contributed by atoms with Crippen LogP contribution in [0.1, 0.15) is 38.3 Å². The average molecular weight is 364 g/mol. The van der Waals surface area contributed by atoms with Crippen molar-refractivity contribution in [3.05, 3.63) is 59.3 Å². The minimum atomic E-state index is -0.311. The molecule has 1 atom stereocenters. The SMILES string of the molecule is COc1cc(C2Nc3ccccc3NC3=C2C(=O)CC(C)(C)C3)ccc1O. The Labute approximate surface area is 159 Å². The quantitative estimate of drug-likeness (QED) is 0.725. The van der Waals surface area contributed by atoms with Crippen molar-refractivity contribution >= 4 is 17.2 Å². The van der Waals surface area contributed by atoms with Crippen LogP contribution in [0.3, 0.4) is 0 Å². The highest BCUT2D eigenvalue weighted by Gasteiger charge is 2.38. The standard InChI is InChI=1S/C22H24N2O3/c1-22(2)11-16-20(18(26)12-22)21(13-8-9-17(25)19(10-13)27-3)24-15-7-5-4-6-14(15)23-16/h4-10,21,23-25H,11-12H2,1-3H3. The topological polar surface area (TPSA) is 70.6 Å². The molecule has 4 rings (SSSR count).